The van der Waals surface area contributed by atoms with Crippen LogP contribution in [0.3, 0.4) is 0 Å². The van der Waals surface area contributed by atoms with E-state index in [0.717, 1.165) is 5.75 Å². The van der Waals surface area contributed by atoms with Crippen molar-refractivity contribution in [2.45, 2.75) is 39.4 Å². The van der Waals surface area contributed by atoms with Gasteiger partial charge in [0.15, 0.2) is 0 Å². The average molecular weight is 194 g/mol. The molecule has 0 aliphatic carbocycles. The molecule has 0 aliphatic rings. The third-order valence-corrected chi connectivity index (χ3v) is 2.03. The van der Waals surface area contributed by atoms with Gasteiger partial charge < -0.3 is 9.84 Å². The summed E-state index contributed by atoms with van der Waals surface area (Å²) < 4.78 is 5.62. The van der Waals surface area contributed by atoms with Gasteiger partial charge >= 0.3 is 0 Å². The topological polar surface area (TPSA) is 29.5 Å². The van der Waals surface area contributed by atoms with E-state index in [1.165, 1.54) is 5.56 Å². The molecule has 1 aromatic rings. The molecule has 2 atom stereocenters. The zero-order chi connectivity index (χ0) is 10.6. The molecule has 1 rings (SSSR count). The van der Waals surface area contributed by atoms with Crippen LogP contribution in [-0.4, -0.2) is 17.3 Å². The van der Waals surface area contributed by atoms with Crippen LogP contribution in [-0.2, 0) is 0 Å². The zero-order valence-corrected chi connectivity index (χ0v) is 9.03. The van der Waals surface area contributed by atoms with Crippen LogP contribution in [0.25, 0.3) is 0 Å². The minimum atomic E-state index is -0.310. The Balaban J connectivity index is 2.47. The zero-order valence-electron chi connectivity index (χ0n) is 9.03. The molecular formula is C12H18O2. The summed E-state index contributed by atoms with van der Waals surface area (Å²) in [5, 5.41) is 9.16. The van der Waals surface area contributed by atoms with Crippen molar-refractivity contribution in [1.29, 1.82) is 0 Å². The van der Waals surface area contributed by atoms with E-state index >= 15 is 0 Å². The quantitative estimate of drug-likeness (QED) is 0.798. The van der Waals surface area contributed by atoms with Gasteiger partial charge in [0.05, 0.1) is 12.2 Å². The van der Waals surface area contributed by atoms with Crippen molar-refractivity contribution in [2.75, 3.05) is 0 Å². The molecule has 0 spiro atoms. The van der Waals surface area contributed by atoms with E-state index < -0.39 is 0 Å². The number of rotatable bonds is 4. The highest BCUT2D eigenvalue weighted by Gasteiger charge is 2.07. The predicted molar refractivity (Wildman–Crippen MR) is 57.6 cm³/mol. The molecule has 14 heavy (non-hydrogen) atoms. The van der Waals surface area contributed by atoms with Crippen molar-refractivity contribution in [2.24, 2.45) is 0 Å². The number of aliphatic hydroxyl groups is 1. The molecule has 0 radical (unpaired) electrons. The fourth-order valence-corrected chi connectivity index (χ4v) is 1.38. The standard InChI is InChI=1S/C12H18O2/c1-9-4-6-12(7-5-9)14-11(3)8-10(2)13/h4-7,10-11,13H,8H2,1-3H3/t10-,11+/m1/s1. The Morgan fingerprint density at radius 1 is 1.21 bits per heavy atom. The summed E-state index contributed by atoms with van der Waals surface area (Å²) in [5.41, 5.74) is 1.22. The van der Waals surface area contributed by atoms with Crippen molar-refractivity contribution in [3.8, 4) is 5.75 Å². The summed E-state index contributed by atoms with van der Waals surface area (Å²) in [6.07, 6.45) is 0.404. The Bertz CT molecular complexity index is 264. The van der Waals surface area contributed by atoms with Crippen LogP contribution in [0.5, 0.6) is 5.75 Å². The van der Waals surface area contributed by atoms with E-state index in [-0.39, 0.29) is 12.2 Å². The Morgan fingerprint density at radius 3 is 2.29 bits per heavy atom. The van der Waals surface area contributed by atoms with Gasteiger partial charge in [0.25, 0.3) is 0 Å². The van der Waals surface area contributed by atoms with Gasteiger partial charge in [0, 0.05) is 6.42 Å². The fourth-order valence-electron chi connectivity index (χ4n) is 1.38. The van der Waals surface area contributed by atoms with Gasteiger partial charge in [-0.2, -0.15) is 0 Å². The molecule has 0 aromatic heterocycles. The third kappa shape index (κ3) is 3.79. The Kier molecular flexibility index (Phi) is 3.96. The number of aliphatic hydroxyl groups excluding tert-OH is 1. The number of benzene rings is 1. The van der Waals surface area contributed by atoms with Gasteiger partial charge in [-0.15, -0.1) is 0 Å². The van der Waals surface area contributed by atoms with Crippen molar-refractivity contribution >= 4 is 0 Å². The summed E-state index contributed by atoms with van der Waals surface area (Å²) in [6.45, 7) is 5.78. The smallest absolute Gasteiger partial charge is 0.119 e. The molecule has 2 heteroatoms. The van der Waals surface area contributed by atoms with Gasteiger partial charge in [-0.1, -0.05) is 17.7 Å². The van der Waals surface area contributed by atoms with Gasteiger partial charge in [0.1, 0.15) is 5.75 Å². The van der Waals surface area contributed by atoms with E-state index in [1.807, 2.05) is 38.1 Å². The molecule has 0 unspecified atom stereocenters. The number of hydrogen-bond acceptors (Lipinski definition) is 2. The molecule has 2 nitrogen and oxygen atoms in total. The van der Waals surface area contributed by atoms with Gasteiger partial charge in [-0.05, 0) is 32.9 Å². The summed E-state index contributed by atoms with van der Waals surface area (Å²) in [6, 6.07) is 7.94. The maximum Gasteiger partial charge on any atom is 0.119 e. The molecular weight excluding hydrogens is 176 g/mol. The Hall–Kier alpha value is -1.02. The fraction of sp³-hybridized carbons (Fsp3) is 0.500. The number of aryl methyl sites for hydroxylation is 1. The summed E-state index contributed by atoms with van der Waals surface area (Å²) in [4.78, 5) is 0. The lowest BCUT2D eigenvalue weighted by Gasteiger charge is -2.16. The largest absolute Gasteiger partial charge is 0.491 e. The molecule has 0 aliphatic heterocycles. The summed E-state index contributed by atoms with van der Waals surface area (Å²) in [7, 11) is 0. The first-order valence-electron chi connectivity index (χ1n) is 4.99. The highest BCUT2D eigenvalue weighted by molar-refractivity contribution is 5.26. The highest BCUT2D eigenvalue weighted by atomic mass is 16.5. The molecule has 0 saturated carbocycles. The van der Waals surface area contributed by atoms with E-state index in [9.17, 15) is 0 Å². The first kappa shape index (κ1) is 11.1. The average Bonchev–Trinajstić information content (AvgIpc) is 2.07. The minimum absolute atomic E-state index is 0.0534. The second-order valence-electron chi connectivity index (χ2n) is 3.83. The van der Waals surface area contributed by atoms with Crippen LogP contribution < -0.4 is 4.74 Å². The van der Waals surface area contributed by atoms with Crippen molar-refractivity contribution in [3.05, 3.63) is 29.8 Å². The molecule has 0 heterocycles. The van der Waals surface area contributed by atoms with Gasteiger partial charge in [0.2, 0.25) is 0 Å². The van der Waals surface area contributed by atoms with Crippen LogP contribution in [0.4, 0.5) is 0 Å². The summed E-state index contributed by atoms with van der Waals surface area (Å²) in [5.74, 6) is 0.865. The lowest BCUT2D eigenvalue weighted by atomic mass is 10.2. The third-order valence-electron chi connectivity index (χ3n) is 2.03. The first-order valence-corrected chi connectivity index (χ1v) is 4.99. The van der Waals surface area contributed by atoms with Crippen LogP contribution in [0.15, 0.2) is 24.3 Å². The van der Waals surface area contributed by atoms with E-state index in [2.05, 4.69) is 0 Å². The molecule has 0 amide bonds. The second-order valence-corrected chi connectivity index (χ2v) is 3.83. The molecule has 78 valence electrons. The van der Waals surface area contributed by atoms with E-state index in [1.54, 1.807) is 6.92 Å². The lowest BCUT2D eigenvalue weighted by Crippen LogP contribution is -2.18. The molecule has 0 fully saturated rings. The van der Waals surface area contributed by atoms with Crippen LogP contribution in [0.1, 0.15) is 25.8 Å². The SMILES string of the molecule is Cc1ccc(O[C@@H](C)C[C@@H](C)O)cc1. The van der Waals surface area contributed by atoms with Crippen LogP contribution in [0.2, 0.25) is 0 Å². The van der Waals surface area contributed by atoms with Crippen LogP contribution in [0, 0.1) is 6.92 Å². The van der Waals surface area contributed by atoms with Gasteiger partial charge in [-0.3, -0.25) is 0 Å². The van der Waals surface area contributed by atoms with E-state index in [0.29, 0.717) is 6.42 Å². The molecule has 1 aromatic carbocycles. The maximum atomic E-state index is 9.16. The summed E-state index contributed by atoms with van der Waals surface area (Å²) >= 11 is 0. The van der Waals surface area contributed by atoms with Crippen LogP contribution >= 0.6 is 0 Å². The Labute approximate surface area is 85.5 Å². The number of hydrogen-bond donors (Lipinski definition) is 1. The Morgan fingerprint density at radius 2 is 1.79 bits per heavy atom. The normalized spacial score (nSPS) is 14.9. The monoisotopic (exact) mass is 194 g/mol. The minimum Gasteiger partial charge on any atom is -0.491 e. The second kappa shape index (κ2) is 5.01. The lowest BCUT2D eigenvalue weighted by molar-refractivity contribution is 0.115. The molecule has 0 bridgehead atoms. The van der Waals surface area contributed by atoms with Gasteiger partial charge in [-0.25, -0.2) is 0 Å². The number of ether oxygens (including phenoxy) is 1. The van der Waals surface area contributed by atoms with Crippen molar-refractivity contribution in [1.82, 2.24) is 0 Å². The molecule has 0 saturated heterocycles. The first-order chi connectivity index (χ1) is 6.58. The highest BCUT2D eigenvalue weighted by Crippen LogP contribution is 2.14. The van der Waals surface area contributed by atoms with Crippen molar-refractivity contribution in [3.63, 3.8) is 0 Å². The van der Waals surface area contributed by atoms with E-state index in [4.69, 9.17) is 9.84 Å². The van der Waals surface area contributed by atoms with Crippen molar-refractivity contribution < 1.29 is 9.84 Å². The predicted octanol–water partition coefficient (Wildman–Crippen LogP) is 2.53. The maximum absolute atomic E-state index is 9.16. The molecule has 1 N–H and O–H groups in total.